The zero-order chi connectivity index (χ0) is 23.4. The summed E-state index contributed by atoms with van der Waals surface area (Å²) in [6.07, 6.45) is 10.5. The number of carbonyl (C=O) groups is 2. The first-order chi connectivity index (χ1) is 15.8. The molecule has 0 radical (unpaired) electrons. The van der Waals surface area contributed by atoms with E-state index in [1.807, 2.05) is 18.2 Å². The zero-order valence-corrected chi connectivity index (χ0v) is 20.4. The van der Waals surface area contributed by atoms with Crippen LogP contribution in [0.5, 0.6) is 5.75 Å². The van der Waals surface area contributed by atoms with Crippen molar-refractivity contribution in [3.63, 3.8) is 0 Å². The minimum absolute atomic E-state index is 0.0199. The maximum atomic E-state index is 13.0. The summed E-state index contributed by atoms with van der Waals surface area (Å²) in [4.78, 5) is 27.7. The third-order valence-electron chi connectivity index (χ3n) is 9.97. The van der Waals surface area contributed by atoms with Crippen LogP contribution < -0.4 is 4.74 Å². The second-order valence-corrected chi connectivity index (χ2v) is 11.2. The highest BCUT2D eigenvalue weighted by Gasteiger charge is 2.61. The summed E-state index contributed by atoms with van der Waals surface area (Å²) < 4.78 is 10.5. The van der Waals surface area contributed by atoms with E-state index in [2.05, 4.69) is 37.0 Å². The second-order valence-electron chi connectivity index (χ2n) is 11.2. The smallest absolute Gasteiger partial charge is 0.309 e. The zero-order valence-electron chi connectivity index (χ0n) is 20.4. The van der Waals surface area contributed by atoms with Gasteiger partial charge in [0.05, 0.1) is 20.1 Å². The quantitative estimate of drug-likeness (QED) is 0.605. The lowest BCUT2D eigenvalue weighted by atomic mass is 9.47. The van der Waals surface area contributed by atoms with Gasteiger partial charge in [-0.25, -0.2) is 0 Å². The summed E-state index contributed by atoms with van der Waals surface area (Å²) in [7, 11) is 3.20. The maximum Gasteiger partial charge on any atom is 0.309 e. The molecule has 0 N–H and O–H groups in total. The van der Waals surface area contributed by atoms with E-state index in [1.165, 1.54) is 7.11 Å². The number of rotatable bonds is 4. The maximum absolute atomic E-state index is 13.0. The van der Waals surface area contributed by atoms with Gasteiger partial charge in [0.25, 0.3) is 0 Å². The minimum atomic E-state index is -0.0211. The molecule has 0 bridgehead atoms. The van der Waals surface area contributed by atoms with Gasteiger partial charge in [-0.15, -0.1) is 0 Å². The van der Waals surface area contributed by atoms with Crippen LogP contribution in [0.2, 0.25) is 0 Å². The van der Waals surface area contributed by atoms with Crippen molar-refractivity contribution < 1.29 is 19.1 Å². The highest BCUT2D eigenvalue weighted by Crippen LogP contribution is 2.65. The van der Waals surface area contributed by atoms with Gasteiger partial charge in [-0.3, -0.25) is 9.59 Å². The molecular formula is C28H37NO4. The largest absolute Gasteiger partial charge is 0.497 e. The van der Waals surface area contributed by atoms with E-state index >= 15 is 0 Å². The fourth-order valence-electron chi connectivity index (χ4n) is 8.24. The molecule has 0 spiro atoms. The van der Waals surface area contributed by atoms with E-state index in [-0.39, 0.29) is 34.7 Å². The Labute approximate surface area is 197 Å². The Balaban J connectivity index is 1.40. The average Bonchev–Trinajstić information content (AvgIpc) is 3.18. The van der Waals surface area contributed by atoms with Crippen molar-refractivity contribution in [2.24, 2.45) is 34.5 Å². The summed E-state index contributed by atoms with van der Waals surface area (Å²) in [5.41, 5.74) is 1.17. The highest BCUT2D eigenvalue weighted by atomic mass is 16.5. The molecule has 1 aliphatic heterocycles. The SMILES string of the molecule is COC(=O)[C@H]1CC[C@H]2C3CC[C@H]4N(Cc5ccc(OC)cc5)C(=O)C=C[C@]4(C)C3CC[C@]12C. The molecular weight excluding hydrogens is 414 g/mol. The van der Waals surface area contributed by atoms with Crippen LogP contribution in [0.4, 0.5) is 0 Å². The predicted octanol–water partition coefficient (Wildman–Crippen LogP) is 4.99. The van der Waals surface area contributed by atoms with Crippen LogP contribution in [0, 0.1) is 34.5 Å². The Kier molecular flexibility index (Phi) is 5.57. The van der Waals surface area contributed by atoms with Gasteiger partial charge in [0, 0.05) is 18.0 Å². The molecule has 3 fully saturated rings. The average molecular weight is 452 g/mol. The third-order valence-corrected chi connectivity index (χ3v) is 9.97. The molecule has 3 saturated carbocycles. The number of fused-ring (bicyclic) bond motifs is 5. The molecule has 2 unspecified atom stereocenters. The van der Waals surface area contributed by atoms with Gasteiger partial charge in [-0.1, -0.05) is 32.1 Å². The summed E-state index contributed by atoms with van der Waals surface area (Å²) >= 11 is 0. The van der Waals surface area contributed by atoms with Crippen molar-refractivity contribution in [2.75, 3.05) is 14.2 Å². The van der Waals surface area contributed by atoms with Crippen LogP contribution in [0.1, 0.15) is 57.9 Å². The van der Waals surface area contributed by atoms with Crippen molar-refractivity contribution in [2.45, 2.75) is 65.0 Å². The molecule has 0 aromatic heterocycles. The molecule has 33 heavy (non-hydrogen) atoms. The Bertz CT molecular complexity index is 955. The van der Waals surface area contributed by atoms with Crippen LogP contribution >= 0.6 is 0 Å². The summed E-state index contributed by atoms with van der Waals surface area (Å²) in [6, 6.07) is 8.28. The summed E-state index contributed by atoms with van der Waals surface area (Å²) in [5, 5.41) is 0. The number of hydrogen-bond donors (Lipinski definition) is 0. The molecule has 4 aliphatic rings. The summed E-state index contributed by atoms with van der Waals surface area (Å²) in [5.74, 6) is 2.70. The standard InChI is InChI=1S/C28H37NO4/c1-27-15-13-22-20(21(27)10-11-23(27)26(31)33-4)9-12-24-28(22,2)16-14-25(30)29(24)17-18-5-7-19(32-3)8-6-18/h5-8,14,16,20-24H,9-13,15,17H2,1-4H3/t20?,21-,22?,23+,24+,27-,28+/m0/s1. The van der Waals surface area contributed by atoms with Gasteiger partial charge in [-0.2, -0.15) is 0 Å². The van der Waals surface area contributed by atoms with Gasteiger partial charge in [0.1, 0.15) is 5.75 Å². The van der Waals surface area contributed by atoms with Gasteiger partial charge in [0.15, 0.2) is 0 Å². The fourth-order valence-corrected chi connectivity index (χ4v) is 8.24. The number of hydrogen-bond acceptors (Lipinski definition) is 4. The number of carbonyl (C=O) groups excluding carboxylic acids is 2. The van der Waals surface area contributed by atoms with Gasteiger partial charge in [-0.05, 0) is 85.5 Å². The third kappa shape index (κ3) is 3.41. The van der Waals surface area contributed by atoms with Crippen molar-refractivity contribution in [3.05, 3.63) is 42.0 Å². The topological polar surface area (TPSA) is 55.8 Å². The summed E-state index contributed by atoms with van der Waals surface area (Å²) in [6.45, 7) is 5.36. The van der Waals surface area contributed by atoms with Crippen LogP contribution in [-0.4, -0.2) is 37.0 Å². The Morgan fingerprint density at radius 1 is 1.03 bits per heavy atom. The van der Waals surface area contributed by atoms with Crippen molar-refractivity contribution in [1.82, 2.24) is 4.90 Å². The Hall–Kier alpha value is -2.30. The van der Waals surface area contributed by atoms with Crippen LogP contribution in [-0.2, 0) is 20.9 Å². The highest BCUT2D eigenvalue weighted by molar-refractivity contribution is 5.89. The molecule has 5 nitrogen and oxygen atoms in total. The van der Waals surface area contributed by atoms with E-state index in [0.29, 0.717) is 24.3 Å². The van der Waals surface area contributed by atoms with Crippen molar-refractivity contribution in [3.8, 4) is 5.75 Å². The van der Waals surface area contributed by atoms with Gasteiger partial charge >= 0.3 is 5.97 Å². The molecule has 5 heteroatoms. The first-order valence-electron chi connectivity index (χ1n) is 12.5. The number of esters is 1. The molecule has 1 amide bonds. The lowest BCUT2D eigenvalue weighted by molar-refractivity contribution is -0.156. The first-order valence-corrected chi connectivity index (χ1v) is 12.5. The Morgan fingerprint density at radius 2 is 1.79 bits per heavy atom. The molecule has 1 aromatic carbocycles. The normalized spacial score (nSPS) is 39.5. The molecule has 7 atom stereocenters. The van der Waals surface area contributed by atoms with Crippen LogP contribution in [0.3, 0.4) is 0 Å². The Morgan fingerprint density at radius 3 is 2.48 bits per heavy atom. The number of methoxy groups -OCH3 is 2. The van der Waals surface area contributed by atoms with Crippen LogP contribution in [0.15, 0.2) is 36.4 Å². The van der Waals surface area contributed by atoms with E-state index in [1.54, 1.807) is 7.11 Å². The number of ether oxygens (including phenoxy) is 2. The van der Waals surface area contributed by atoms with E-state index in [4.69, 9.17) is 9.47 Å². The monoisotopic (exact) mass is 451 g/mol. The number of benzene rings is 1. The first kappa shape index (κ1) is 22.5. The van der Waals surface area contributed by atoms with E-state index in [0.717, 1.165) is 49.8 Å². The molecule has 5 rings (SSSR count). The molecule has 0 saturated heterocycles. The predicted molar refractivity (Wildman–Crippen MR) is 126 cm³/mol. The lowest BCUT2D eigenvalue weighted by Crippen LogP contribution is -2.60. The minimum Gasteiger partial charge on any atom is -0.497 e. The van der Waals surface area contributed by atoms with Crippen LogP contribution in [0.25, 0.3) is 0 Å². The lowest BCUT2D eigenvalue weighted by Gasteiger charge is -2.60. The molecule has 178 valence electrons. The van der Waals surface area contributed by atoms with Gasteiger partial charge in [0.2, 0.25) is 5.91 Å². The van der Waals surface area contributed by atoms with E-state index < -0.39 is 0 Å². The second kappa shape index (κ2) is 8.18. The van der Waals surface area contributed by atoms with E-state index in [9.17, 15) is 9.59 Å². The molecule has 1 aromatic rings. The van der Waals surface area contributed by atoms with Gasteiger partial charge < -0.3 is 14.4 Å². The number of amides is 1. The molecule has 3 aliphatic carbocycles. The molecule has 1 heterocycles. The van der Waals surface area contributed by atoms with Crippen molar-refractivity contribution >= 4 is 11.9 Å². The fraction of sp³-hybridized carbons (Fsp3) is 0.643. The number of nitrogens with zero attached hydrogens (tertiary/aromatic N) is 1. The van der Waals surface area contributed by atoms with Crippen molar-refractivity contribution in [1.29, 1.82) is 0 Å².